The molecule has 1 atom stereocenters. The molecule has 0 bridgehead atoms. The zero-order valence-corrected chi connectivity index (χ0v) is 11.7. The summed E-state index contributed by atoms with van der Waals surface area (Å²) >= 11 is 1.49. The maximum absolute atomic E-state index is 12.0. The molecule has 1 rings (SSSR count). The summed E-state index contributed by atoms with van der Waals surface area (Å²) in [5.41, 5.74) is 0. The maximum Gasteiger partial charge on any atom is 0.326 e. The van der Waals surface area contributed by atoms with Crippen molar-refractivity contribution < 1.29 is 24.6 Å². The van der Waals surface area contributed by atoms with Crippen LogP contribution < -0.4 is 5.32 Å². The van der Waals surface area contributed by atoms with Crippen molar-refractivity contribution in [1.82, 2.24) is 10.2 Å². The first kappa shape index (κ1) is 16.0. The van der Waals surface area contributed by atoms with E-state index >= 15 is 0 Å². The summed E-state index contributed by atoms with van der Waals surface area (Å²) in [6, 6.07) is 1.70. The quantitative estimate of drug-likeness (QED) is 0.701. The first-order valence-corrected chi connectivity index (χ1v) is 6.84. The SMILES string of the molecule is CCN(Cc1cccs1)C(=O)N[C@H](CC(=O)O)C(=O)O. The van der Waals surface area contributed by atoms with Gasteiger partial charge in [-0.15, -0.1) is 11.3 Å². The third-order valence-electron chi connectivity index (χ3n) is 2.57. The largest absolute Gasteiger partial charge is 0.481 e. The van der Waals surface area contributed by atoms with Crippen LogP contribution in [0.4, 0.5) is 4.79 Å². The first-order chi connectivity index (χ1) is 9.43. The first-order valence-electron chi connectivity index (χ1n) is 5.96. The number of carboxylic acids is 2. The van der Waals surface area contributed by atoms with Crippen molar-refractivity contribution in [1.29, 1.82) is 0 Å². The molecule has 0 radical (unpaired) electrons. The summed E-state index contributed by atoms with van der Waals surface area (Å²) in [7, 11) is 0. The minimum absolute atomic E-state index is 0.361. The van der Waals surface area contributed by atoms with Gasteiger partial charge in [0.15, 0.2) is 0 Å². The van der Waals surface area contributed by atoms with Gasteiger partial charge in [0.2, 0.25) is 0 Å². The number of nitrogens with zero attached hydrogens (tertiary/aromatic N) is 1. The fourth-order valence-corrected chi connectivity index (χ4v) is 2.25. The van der Waals surface area contributed by atoms with Crippen LogP contribution in [0.5, 0.6) is 0 Å². The van der Waals surface area contributed by atoms with Gasteiger partial charge in [-0.3, -0.25) is 4.79 Å². The molecule has 2 amide bonds. The van der Waals surface area contributed by atoms with Gasteiger partial charge in [0.1, 0.15) is 6.04 Å². The predicted octanol–water partition coefficient (Wildman–Crippen LogP) is 1.21. The van der Waals surface area contributed by atoms with E-state index in [-0.39, 0.29) is 0 Å². The molecule has 0 fully saturated rings. The molecule has 0 aromatic carbocycles. The molecule has 0 aliphatic heterocycles. The van der Waals surface area contributed by atoms with E-state index in [2.05, 4.69) is 5.32 Å². The molecule has 110 valence electrons. The standard InChI is InChI=1S/C12H16N2O5S/c1-2-14(7-8-4-3-5-20-8)12(19)13-9(11(17)18)6-10(15)16/h3-5,9H,2,6-7H2,1H3,(H,13,19)(H,15,16)(H,17,18)/t9-/m1/s1. The number of carbonyl (C=O) groups excluding carboxylic acids is 1. The summed E-state index contributed by atoms with van der Waals surface area (Å²) in [6.45, 7) is 2.52. The monoisotopic (exact) mass is 300 g/mol. The van der Waals surface area contributed by atoms with Crippen molar-refractivity contribution >= 4 is 29.3 Å². The molecule has 7 nitrogen and oxygen atoms in total. The van der Waals surface area contributed by atoms with Gasteiger partial charge in [-0.25, -0.2) is 9.59 Å². The van der Waals surface area contributed by atoms with Crippen molar-refractivity contribution in [3.05, 3.63) is 22.4 Å². The highest BCUT2D eigenvalue weighted by molar-refractivity contribution is 7.09. The molecule has 0 aliphatic rings. The maximum atomic E-state index is 12.0. The Balaban J connectivity index is 2.65. The number of rotatable bonds is 7. The lowest BCUT2D eigenvalue weighted by Gasteiger charge is -2.23. The molecule has 0 unspecified atom stereocenters. The van der Waals surface area contributed by atoms with Crippen molar-refractivity contribution in [2.24, 2.45) is 0 Å². The van der Waals surface area contributed by atoms with Gasteiger partial charge in [-0.2, -0.15) is 0 Å². The molecule has 1 heterocycles. The number of hydrogen-bond donors (Lipinski definition) is 3. The minimum Gasteiger partial charge on any atom is -0.481 e. The van der Waals surface area contributed by atoms with Crippen LogP contribution in [-0.2, 0) is 16.1 Å². The van der Waals surface area contributed by atoms with E-state index in [1.807, 2.05) is 17.5 Å². The van der Waals surface area contributed by atoms with Crippen molar-refractivity contribution in [3.63, 3.8) is 0 Å². The number of amides is 2. The van der Waals surface area contributed by atoms with Crippen LogP contribution in [-0.4, -0.2) is 45.7 Å². The fourth-order valence-electron chi connectivity index (χ4n) is 1.53. The highest BCUT2D eigenvalue weighted by Crippen LogP contribution is 2.12. The summed E-state index contributed by atoms with van der Waals surface area (Å²) in [6.07, 6.45) is -0.655. The Bertz CT molecular complexity index is 474. The van der Waals surface area contributed by atoms with Crippen molar-refractivity contribution in [2.75, 3.05) is 6.54 Å². The van der Waals surface area contributed by atoms with Gasteiger partial charge in [0.05, 0.1) is 13.0 Å². The lowest BCUT2D eigenvalue weighted by Crippen LogP contribution is -2.48. The lowest BCUT2D eigenvalue weighted by atomic mass is 10.2. The summed E-state index contributed by atoms with van der Waals surface area (Å²) in [5, 5.41) is 21.6. The van der Waals surface area contributed by atoms with Crippen LogP contribution in [0.3, 0.4) is 0 Å². The van der Waals surface area contributed by atoms with Gasteiger partial charge in [-0.05, 0) is 18.4 Å². The molecule has 20 heavy (non-hydrogen) atoms. The van der Waals surface area contributed by atoms with E-state index < -0.39 is 30.4 Å². The number of nitrogens with one attached hydrogen (secondary N) is 1. The Morgan fingerprint density at radius 2 is 2.10 bits per heavy atom. The average molecular weight is 300 g/mol. The second-order valence-electron chi connectivity index (χ2n) is 4.03. The summed E-state index contributed by atoms with van der Waals surface area (Å²) < 4.78 is 0. The van der Waals surface area contributed by atoms with Crippen molar-refractivity contribution in [3.8, 4) is 0 Å². The minimum atomic E-state index is -1.43. The number of aliphatic carboxylic acids is 2. The van der Waals surface area contributed by atoms with Crippen LogP contribution in [0.1, 0.15) is 18.2 Å². The highest BCUT2D eigenvalue weighted by atomic mass is 32.1. The van der Waals surface area contributed by atoms with Gasteiger partial charge in [-0.1, -0.05) is 6.07 Å². The van der Waals surface area contributed by atoms with Crippen LogP contribution >= 0.6 is 11.3 Å². The molecule has 0 aliphatic carbocycles. The van der Waals surface area contributed by atoms with E-state index in [0.717, 1.165) is 4.88 Å². The molecule has 1 aromatic rings. The normalized spacial score (nSPS) is 11.7. The number of urea groups is 1. The molecule has 3 N–H and O–H groups in total. The lowest BCUT2D eigenvalue weighted by molar-refractivity contribution is -0.145. The zero-order chi connectivity index (χ0) is 15.1. The molecule has 1 aromatic heterocycles. The van der Waals surface area contributed by atoms with Gasteiger partial charge < -0.3 is 20.4 Å². The van der Waals surface area contributed by atoms with Crippen molar-refractivity contribution in [2.45, 2.75) is 25.9 Å². The second-order valence-corrected chi connectivity index (χ2v) is 5.06. The van der Waals surface area contributed by atoms with Crippen LogP contribution in [0.25, 0.3) is 0 Å². The topological polar surface area (TPSA) is 107 Å². The number of carbonyl (C=O) groups is 3. The summed E-state index contributed by atoms with van der Waals surface area (Å²) in [5.74, 6) is -2.65. The molecule has 8 heteroatoms. The highest BCUT2D eigenvalue weighted by Gasteiger charge is 2.25. The fraction of sp³-hybridized carbons (Fsp3) is 0.417. The van der Waals surface area contributed by atoms with E-state index in [9.17, 15) is 14.4 Å². The van der Waals surface area contributed by atoms with Gasteiger partial charge in [0.25, 0.3) is 0 Å². The average Bonchev–Trinajstić information content (AvgIpc) is 2.87. The Morgan fingerprint density at radius 1 is 1.40 bits per heavy atom. The Labute approximate surface area is 119 Å². The Hall–Kier alpha value is -2.09. The van der Waals surface area contributed by atoms with Crippen LogP contribution in [0.2, 0.25) is 0 Å². The molecular weight excluding hydrogens is 284 g/mol. The number of carboxylic acid groups (broad SMARTS) is 2. The molecule has 0 saturated heterocycles. The van der Waals surface area contributed by atoms with E-state index in [1.54, 1.807) is 6.92 Å². The number of hydrogen-bond acceptors (Lipinski definition) is 4. The predicted molar refractivity (Wildman–Crippen MR) is 72.6 cm³/mol. The third-order valence-corrected chi connectivity index (χ3v) is 3.43. The van der Waals surface area contributed by atoms with E-state index in [4.69, 9.17) is 10.2 Å². The van der Waals surface area contributed by atoms with Crippen LogP contribution in [0, 0.1) is 0 Å². The third kappa shape index (κ3) is 4.88. The van der Waals surface area contributed by atoms with Gasteiger partial charge >= 0.3 is 18.0 Å². The van der Waals surface area contributed by atoms with Crippen LogP contribution in [0.15, 0.2) is 17.5 Å². The molecule has 0 spiro atoms. The zero-order valence-electron chi connectivity index (χ0n) is 10.9. The van der Waals surface area contributed by atoms with Gasteiger partial charge in [0, 0.05) is 11.4 Å². The Kier molecular flexibility index (Phi) is 5.98. The molecular formula is C12H16N2O5S. The van der Waals surface area contributed by atoms with E-state index in [1.165, 1.54) is 16.2 Å². The summed E-state index contributed by atoms with van der Waals surface area (Å²) in [4.78, 5) is 35.8. The smallest absolute Gasteiger partial charge is 0.326 e. The number of thiophene rings is 1. The molecule has 0 saturated carbocycles. The van der Waals surface area contributed by atoms with E-state index in [0.29, 0.717) is 13.1 Å². The second kappa shape index (κ2) is 7.49. The Morgan fingerprint density at radius 3 is 2.55 bits per heavy atom.